The van der Waals surface area contributed by atoms with Gasteiger partial charge in [0, 0.05) is 0 Å². The molecule has 5 heteroatoms. The molecule has 2 aromatic carbocycles. The van der Waals surface area contributed by atoms with Crippen molar-refractivity contribution in [2.24, 2.45) is 0 Å². The maximum Gasteiger partial charge on any atom is 0.338 e. The van der Waals surface area contributed by atoms with Gasteiger partial charge in [-0.2, -0.15) is 0 Å². The highest BCUT2D eigenvalue weighted by Crippen LogP contribution is 2.29. The molecule has 0 atom stereocenters. The number of hydrogen-bond donors (Lipinski definition) is 1. The number of nitrogen functional groups attached to an aromatic ring is 1. The summed E-state index contributed by atoms with van der Waals surface area (Å²) in [6.07, 6.45) is 0. The lowest BCUT2D eigenvalue weighted by Crippen LogP contribution is -2.05. The van der Waals surface area contributed by atoms with Gasteiger partial charge in [0.05, 0.1) is 17.9 Å². The van der Waals surface area contributed by atoms with Crippen molar-refractivity contribution in [3.63, 3.8) is 0 Å². The lowest BCUT2D eigenvalue weighted by molar-refractivity contribution is 0.0526. The highest BCUT2D eigenvalue weighted by molar-refractivity contribution is 5.91. The van der Waals surface area contributed by atoms with Gasteiger partial charge in [0.15, 0.2) is 17.3 Å². The third-order valence-corrected chi connectivity index (χ3v) is 2.58. The second-order valence-electron chi connectivity index (χ2n) is 4.01. The van der Waals surface area contributed by atoms with Gasteiger partial charge in [0.1, 0.15) is 0 Å². The Hall–Kier alpha value is -2.56. The quantitative estimate of drug-likeness (QED) is 0.686. The third-order valence-electron chi connectivity index (χ3n) is 2.58. The van der Waals surface area contributed by atoms with Gasteiger partial charge in [0.25, 0.3) is 0 Å². The first kappa shape index (κ1) is 13.9. The van der Waals surface area contributed by atoms with E-state index in [4.69, 9.17) is 15.2 Å². The standard InChI is InChI=1S/C15H14FNO3/c1-2-19-15(18)10-7-8-14(12(17)9-10)20-13-6-4-3-5-11(13)16/h3-9H,2,17H2,1H3. The second-order valence-corrected chi connectivity index (χ2v) is 4.01. The van der Waals surface area contributed by atoms with Crippen molar-refractivity contribution in [2.45, 2.75) is 6.92 Å². The number of benzene rings is 2. The molecule has 0 saturated carbocycles. The van der Waals surface area contributed by atoms with Gasteiger partial charge in [-0.25, -0.2) is 9.18 Å². The van der Waals surface area contributed by atoms with Crippen molar-refractivity contribution >= 4 is 11.7 Å². The summed E-state index contributed by atoms with van der Waals surface area (Å²) in [5, 5.41) is 0. The minimum absolute atomic E-state index is 0.0723. The molecule has 0 aromatic heterocycles. The minimum Gasteiger partial charge on any atom is -0.462 e. The summed E-state index contributed by atoms with van der Waals surface area (Å²) in [5.41, 5.74) is 6.36. The number of esters is 1. The number of anilines is 1. The SMILES string of the molecule is CCOC(=O)c1ccc(Oc2ccccc2F)c(N)c1. The number of halogens is 1. The van der Waals surface area contributed by atoms with Crippen molar-refractivity contribution in [1.29, 1.82) is 0 Å². The van der Waals surface area contributed by atoms with E-state index in [2.05, 4.69) is 0 Å². The topological polar surface area (TPSA) is 61.5 Å². The van der Waals surface area contributed by atoms with Crippen LogP contribution in [0.4, 0.5) is 10.1 Å². The number of rotatable bonds is 4. The van der Waals surface area contributed by atoms with Gasteiger partial charge in [-0.3, -0.25) is 0 Å². The monoisotopic (exact) mass is 275 g/mol. The molecule has 0 bridgehead atoms. The van der Waals surface area contributed by atoms with Crippen LogP contribution in [-0.4, -0.2) is 12.6 Å². The minimum atomic E-state index is -0.485. The second kappa shape index (κ2) is 6.06. The fourth-order valence-corrected chi connectivity index (χ4v) is 1.63. The van der Waals surface area contributed by atoms with E-state index < -0.39 is 11.8 Å². The summed E-state index contributed by atoms with van der Waals surface area (Å²) in [6.45, 7) is 2.00. The van der Waals surface area contributed by atoms with Crippen molar-refractivity contribution in [3.8, 4) is 11.5 Å². The first-order valence-corrected chi connectivity index (χ1v) is 6.11. The molecule has 0 amide bonds. The zero-order valence-corrected chi connectivity index (χ0v) is 10.9. The highest BCUT2D eigenvalue weighted by Gasteiger charge is 2.11. The molecule has 0 spiro atoms. The Kier molecular flexibility index (Phi) is 4.20. The van der Waals surface area contributed by atoms with E-state index in [0.29, 0.717) is 5.56 Å². The Morgan fingerprint density at radius 3 is 2.60 bits per heavy atom. The molecule has 0 unspecified atom stereocenters. The van der Waals surface area contributed by atoms with Gasteiger partial charge in [-0.15, -0.1) is 0 Å². The third kappa shape index (κ3) is 3.06. The van der Waals surface area contributed by atoms with Crippen LogP contribution in [0.1, 0.15) is 17.3 Å². The molecule has 0 saturated heterocycles. The highest BCUT2D eigenvalue weighted by atomic mass is 19.1. The molecule has 2 rings (SSSR count). The van der Waals surface area contributed by atoms with E-state index in [1.807, 2.05) is 0 Å². The first-order chi connectivity index (χ1) is 9.61. The lowest BCUT2D eigenvalue weighted by Gasteiger charge is -2.10. The molecule has 0 aliphatic rings. The Morgan fingerprint density at radius 2 is 1.95 bits per heavy atom. The van der Waals surface area contributed by atoms with Crippen LogP contribution in [0.15, 0.2) is 42.5 Å². The van der Waals surface area contributed by atoms with E-state index in [9.17, 15) is 9.18 Å². The van der Waals surface area contributed by atoms with E-state index in [1.54, 1.807) is 19.1 Å². The van der Waals surface area contributed by atoms with E-state index in [-0.39, 0.29) is 23.8 Å². The largest absolute Gasteiger partial charge is 0.462 e. The van der Waals surface area contributed by atoms with E-state index >= 15 is 0 Å². The lowest BCUT2D eigenvalue weighted by atomic mass is 10.2. The summed E-state index contributed by atoms with van der Waals surface area (Å²) in [5.74, 6) is -0.593. The van der Waals surface area contributed by atoms with Gasteiger partial charge in [-0.05, 0) is 37.3 Å². The van der Waals surface area contributed by atoms with Crippen LogP contribution in [0.5, 0.6) is 11.5 Å². The van der Waals surface area contributed by atoms with Gasteiger partial charge in [-0.1, -0.05) is 12.1 Å². The molecule has 0 radical (unpaired) electrons. The van der Waals surface area contributed by atoms with Crippen molar-refractivity contribution in [3.05, 3.63) is 53.8 Å². The van der Waals surface area contributed by atoms with Crippen LogP contribution in [0.25, 0.3) is 0 Å². The molecular formula is C15H14FNO3. The fraction of sp³-hybridized carbons (Fsp3) is 0.133. The average Bonchev–Trinajstić information content (AvgIpc) is 2.43. The van der Waals surface area contributed by atoms with Crippen LogP contribution in [0, 0.1) is 5.82 Å². The molecule has 0 aliphatic carbocycles. The smallest absolute Gasteiger partial charge is 0.338 e. The van der Waals surface area contributed by atoms with Crippen LogP contribution >= 0.6 is 0 Å². The normalized spacial score (nSPS) is 10.1. The summed E-state index contributed by atoms with van der Waals surface area (Å²) >= 11 is 0. The maximum absolute atomic E-state index is 13.5. The Morgan fingerprint density at radius 1 is 1.20 bits per heavy atom. The number of ether oxygens (including phenoxy) is 2. The van der Waals surface area contributed by atoms with E-state index in [0.717, 1.165) is 0 Å². The van der Waals surface area contributed by atoms with Crippen LogP contribution < -0.4 is 10.5 Å². The van der Waals surface area contributed by atoms with Crippen molar-refractivity contribution in [2.75, 3.05) is 12.3 Å². The van der Waals surface area contributed by atoms with Crippen molar-refractivity contribution < 1.29 is 18.7 Å². The predicted molar refractivity (Wildman–Crippen MR) is 73.3 cm³/mol. The van der Waals surface area contributed by atoms with Crippen LogP contribution in [0.2, 0.25) is 0 Å². The predicted octanol–water partition coefficient (Wildman–Crippen LogP) is 3.38. The fourth-order valence-electron chi connectivity index (χ4n) is 1.63. The molecule has 2 aromatic rings. The van der Waals surface area contributed by atoms with Gasteiger partial charge in [0.2, 0.25) is 0 Å². The zero-order chi connectivity index (χ0) is 14.5. The summed E-state index contributed by atoms with van der Waals surface area (Å²) in [6, 6.07) is 10.5. The number of nitrogens with two attached hydrogens (primary N) is 1. The molecule has 0 heterocycles. The molecule has 0 fully saturated rings. The molecule has 0 aliphatic heterocycles. The van der Waals surface area contributed by atoms with E-state index in [1.165, 1.54) is 30.3 Å². The summed E-state index contributed by atoms with van der Waals surface area (Å²) < 4.78 is 23.7. The van der Waals surface area contributed by atoms with Gasteiger partial charge < -0.3 is 15.2 Å². The molecule has 4 nitrogen and oxygen atoms in total. The number of carbonyl (C=O) groups excluding carboxylic acids is 1. The summed E-state index contributed by atoms with van der Waals surface area (Å²) in [7, 11) is 0. The Bertz CT molecular complexity index is 628. The molecular weight excluding hydrogens is 261 g/mol. The van der Waals surface area contributed by atoms with Crippen LogP contribution in [-0.2, 0) is 4.74 Å². The molecule has 20 heavy (non-hydrogen) atoms. The zero-order valence-electron chi connectivity index (χ0n) is 10.9. The Balaban J connectivity index is 2.22. The number of carbonyl (C=O) groups is 1. The molecule has 104 valence electrons. The molecule has 2 N–H and O–H groups in total. The summed E-state index contributed by atoms with van der Waals surface area (Å²) in [4.78, 5) is 11.5. The number of hydrogen-bond acceptors (Lipinski definition) is 4. The Labute approximate surface area is 115 Å². The van der Waals surface area contributed by atoms with Crippen molar-refractivity contribution in [1.82, 2.24) is 0 Å². The first-order valence-electron chi connectivity index (χ1n) is 6.11. The number of para-hydroxylation sites is 1. The van der Waals surface area contributed by atoms with Crippen LogP contribution in [0.3, 0.4) is 0 Å². The van der Waals surface area contributed by atoms with Gasteiger partial charge >= 0.3 is 5.97 Å². The maximum atomic E-state index is 13.5. The average molecular weight is 275 g/mol.